The van der Waals surface area contributed by atoms with Gasteiger partial charge in [-0.2, -0.15) is 4.98 Å². The molecule has 0 unspecified atom stereocenters. The zero-order valence-electron chi connectivity index (χ0n) is 22.0. The number of carbonyl (C=O) groups excluding carboxylic acids is 1. The van der Waals surface area contributed by atoms with Crippen molar-refractivity contribution in [2.24, 2.45) is 0 Å². The van der Waals surface area contributed by atoms with Crippen LogP contribution in [0.4, 0.5) is 23.1 Å². The molecule has 0 fully saturated rings. The second kappa shape index (κ2) is 9.98. The Hall–Kier alpha value is -3.55. The normalized spacial score (nSPS) is 13.3. The molecule has 35 heavy (non-hydrogen) atoms. The molecule has 14 heteroatoms. The maximum Gasteiger partial charge on any atom is 0.273 e. The topological polar surface area (TPSA) is 168 Å². The minimum Gasteiger partial charge on any atom is -0.481 e. The van der Waals surface area contributed by atoms with Crippen molar-refractivity contribution in [2.45, 2.75) is 24.3 Å². The Bertz CT molecular complexity index is 1480. The van der Waals surface area contributed by atoms with Gasteiger partial charge in [-0.05, 0) is 26.0 Å². The van der Waals surface area contributed by atoms with Crippen LogP contribution in [0, 0.1) is 0 Å². The summed E-state index contributed by atoms with van der Waals surface area (Å²) in [6, 6.07) is 5.31. The average Bonchev–Trinajstić information content (AvgIpc) is 2.76. The summed E-state index contributed by atoms with van der Waals surface area (Å²) in [5.41, 5.74) is -1.45. The molecule has 4 N–H and O–H groups in total. The number of carbonyl (C=O) groups is 1. The first-order valence-electron chi connectivity index (χ1n) is 11.4. The highest BCUT2D eigenvalue weighted by Crippen LogP contribution is 2.31. The van der Waals surface area contributed by atoms with E-state index in [-0.39, 0.29) is 38.9 Å². The summed E-state index contributed by atoms with van der Waals surface area (Å²) < 4.78 is 51.7. The summed E-state index contributed by atoms with van der Waals surface area (Å²) in [5, 5.41) is 25.5. The number of pyridine rings is 2. The lowest BCUT2D eigenvalue weighted by molar-refractivity contribution is 0.0783. The van der Waals surface area contributed by atoms with E-state index in [0.717, 1.165) is 6.26 Å². The minimum atomic E-state index is -3.79. The Morgan fingerprint density at radius 1 is 1.20 bits per heavy atom. The molecular formula is C21H24ClN7O5S. The van der Waals surface area contributed by atoms with E-state index in [1.807, 2.05) is 5.32 Å². The van der Waals surface area contributed by atoms with Crippen LogP contribution in [0.2, 0.25) is 5.02 Å². The van der Waals surface area contributed by atoms with Crippen LogP contribution in [-0.4, -0.2) is 59.9 Å². The Morgan fingerprint density at radius 2 is 1.94 bits per heavy atom. The van der Waals surface area contributed by atoms with Crippen molar-refractivity contribution >= 4 is 50.5 Å². The van der Waals surface area contributed by atoms with E-state index < -0.39 is 34.0 Å². The Morgan fingerprint density at radius 3 is 2.54 bits per heavy atom. The second-order valence-corrected chi connectivity index (χ2v) is 10.2. The zero-order chi connectivity index (χ0) is 28.5. The van der Waals surface area contributed by atoms with Gasteiger partial charge >= 0.3 is 0 Å². The number of nitrogens with one attached hydrogen (secondary N) is 3. The fourth-order valence-corrected chi connectivity index (χ4v) is 4.06. The molecule has 0 atom stereocenters. The molecule has 1 amide bonds. The predicted octanol–water partition coefficient (Wildman–Crippen LogP) is 2.41. The Balaban J connectivity index is 2.08. The molecule has 186 valence electrons. The van der Waals surface area contributed by atoms with E-state index in [1.54, 1.807) is 13.8 Å². The molecule has 0 bridgehead atoms. The third-order valence-electron chi connectivity index (χ3n) is 4.59. The predicted molar refractivity (Wildman–Crippen MR) is 130 cm³/mol. The Kier molecular flexibility index (Phi) is 6.26. The highest BCUT2D eigenvalue weighted by molar-refractivity contribution is 7.90. The number of methoxy groups -OCH3 is 1. The quantitative estimate of drug-likeness (QED) is 0.341. The number of anilines is 4. The summed E-state index contributed by atoms with van der Waals surface area (Å²) in [7, 11) is -2.46. The minimum absolute atomic E-state index is 0.0290. The van der Waals surface area contributed by atoms with E-state index in [4.69, 9.17) is 20.5 Å². The van der Waals surface area contributed by atoms with Gasteiger partial charge in [0.25, 0.3) is 5.91 Å². The fourth-order valence-electron chi connectivity index (χ4n) is 2.91. The number of ether oxygens (including phenoxy) is 1. The molecule has 0 aliphatic rings. The summed E-state index contributed by atoms with van der Waals surface area (Å²) in [6.45, 7) is 0.266. The molecule has 12 nitrogen and oxygen atoms in total. The molecule has 0 aromatic carbocycles. The van der Waals surface area contributed by atoms with Crippen molar-refractivity contribution in [2.75, 3.05) is 31.0 Å². The van der Waals surface area contributed by atoms with Crippen molar-refractivity contribution in [1.82, 2.24) is 25.5 Å². The summed E-state index contributed by atoms with van der Waals surface area (Å²) in [6.07, 6.45) is 2.34. The number of hydrogen-bond acceptors (Lipinski definition) is 11. The largest absolute Gasteiger partial charge is 0.481 e. The van der Waals surface area contributed by atoms with Crippen LogP contribution in [0.15, 0.2) is 35.4 Å². The smallest absolute Gasteiger partial charge is 0.273 e. The molecular weight excluding hydrogens is 498 g/mol. The summed E-state index contributed by atoms with van der Waals surface area (Å²) in [5.74, 6) is -1.00. The second-order valence-electron chi connectivity index (χ2n) is 7.78. The van der Waals surface area contributed by atoms with E-state index >= 15 is 0 Å². The van der Waals surface area contributed by atoms with E-state index in [9.17, 15) is 18.3 Å². The van der Waals surface area contributed by atoms with Crippen molar-refractivity contribution in [3.05, 3.63) is 46.7 Å². The number of nitrogens with zero attached hydrogens (tertiary/aromatic N) is 4. The van der Waals surface area contributed by atoms with Crippen LogP contribution in [0.5, 0.6) is 5.88 Å². The SMILES string of the molecule is [2H]C([2H])([2H])NC(=O)c1nnc(Nc2cc(Cl)c(C(C)(C)O)cn2)cc1Nc1nc(OC)ccc1S(C)(=O)=O. The third-order valence-corrected chi connectivity index (χ3v) is 6.03. The average molecular weight is 525 g/mol. The van der Waals surface area contributed by atoms with Crippen molar-refractivity contribution < 1.29 is 27.2 Å². The molecule has 0 spiro atoms. The van der Waals surface area contributed by atoms with Gasteiger partial charge in [0.2, 0.25) is 5.88 Å². The summed E-state index contributed by atoms with van der Waals surface area (Å²) in [4.78, 5) is 20.7. The van der Waals surface area contributed by atoms with Crippen LogP contribution in [0.25, 0.3) is 0 Å². The molecule has 0 radical (unpaired) electrons. The van der Waals surface area contributed by atoms with E-state index in [2.05, 4.69) is 30.8 Å². The van der Waals surface area contributed by atoms with Crippen LogP contribution in [0.1, 0.15) is 34.0 Å². The van der Waals surface area contributed by atoms with Gasteiger partial charge in [-0.1, -0.05) is 11.6 Å². The first kappa shape index (κ1) is 21.9. The van der Waals surface area contributed by atoms with Crippen LogP contribution in [0.3, 0.4) is 0 Å². The molecule has 0 saturated heterocycles. The van der Waals surface area contributed by atoms with E-state index in [1.165, 1.54) is 37.6 Å². The first-order chi connectivity index (χ1) is 17.5. The number of sulfone groups is 1. The summed E-state index contributed by atoms with van der Waals surface area (Å²) >= 11 is 6.26. The number of aromatic nitrogens is 4. The van der Waals surface area contributed by atoms with Gasteiger partial charge in [0.15, 0.2) is 27.2 Å². The van der Waals surface area contributed by atoms with E-state index in [0.29, 0.717) is 5.56 Å². The number of aliphatic hydroxyl groups is 1. The van der Waals surface area contributed by atoms with Crippen LogP contribution >= 0.6 is 11.6 Å². The van der Waals surface area contributed by atoms with Gasteiger partial charge < -0.3 is 25.8 Å². The maximum atomic E-state index is 12.7. The number of hydrogen-bond donors (Lipinski definition) is 4. The van der Waals surface area contributed by atoms with Gasteiger partial charge in [-0.15, -0.1) is 10.2 Å². The molecule has 0 aliphatic heterocycles. The molecule has 3 aromatic heterocycles. The van der Waals surface area contributed by atoms with Crippen molar-refractivity contribution in [3.8, 4) is 5.88 Å². The zero-order valence-corrected chi connectivity index (χ0v) is 20.6. The molecule has 3 heterocycles. The molecule has 0 aliphatic carbocycles. The van der Waals surface area contributed by atoms with Crippen LogP contribution in [-0.2, 0) is 15.4 Å². The highest BCUT2D eigenvalue weighted by Gasteiger charge is 2.22. The van der Waals surface area contributed by atoms with Gasteiger partial charge in [0, 0.05) is 41.2 Å². The number of amides is 1. The molecule has 3 aromatic rings. The third kappa shape index (κ3) is 6.12. The van der Waals surface area contributed by atoms with Crippen LogP contribution < -0.4 is 20.7 Å². The number of rotatable bonds is 8. The lowest BCUT2D eigenvalue weighted by Gasteiger charge is -2.19. The molecule has 0 saturated carbocycles. The maximum absolute atomic E-state index is 12.7. The lowest BCUT2D eigenvalue weighted by Crippen LogP contribution is -2.22. The fraction of sp³-hybridized carbons (Fsp3) is 0.286. The molecule has 3 rings (SSSR count). The van der Waals surface area contributed by atoms with Gasteiger partial charge in [0.1, 0.15) is 10.7 Å². The monoisotopic (exact) mass is 524 g/mol. The Labute approximate surface area is 211 Å². The lowest BCUT2D eigenvalue weighted by atomic mass is 10.0. The standard InChI is InChI=1S/C21H24ClN7O5S/c1-21(2,31)11-10-24-15(8-12(11)22)26-16-9-13(18(29-28-16)20(30)23-3)25-19-14(35(5,32)33)6-7-17(27-19)34-4/h6-10,31H,1-5H3,(H,23,30)(H2,24,25,26,27,28)/i3D3. The highest BCUT2D eigenvalue weighted by atomic mass is 35.5. The van der Waals surface area contributed by atoms with Gasteiger partial charge in [-0.25, -0.2) is 13.4 Å². The van der Waals surface area contributed by atoms with Crippen molar-refractivity contribution in [3.63, 3.8) is 0 Å². The van der Waals surface area contributed by atoms with Crippen molar-refractivity contribution in [1.29, 1.82) is 0 Å². The van der Waals surface area contributed by atoms with Gasteiger partial charge in [-0.3, -0.25) is 4.79 Å². The van der Waals surface area contributed by atoms with Gasteiger partial charge in [0.05, 0.1) is 23.4 Å². The first-order valence-corrected chi connectivity index (χ1v) is 12.1. The number of halogens is 1.